The summed E-state index contributed by atoms with van der Waals surface area (Å²) in [5, 5.41) is 18.3. The molecule has 0 spiro atoms. The Labute approximate surface area is 143 Å². The zero-order valence-electron chi connectivity index (χ0n) is 15.1. The fraction of sp³-hybridized carbons (Fsp3) is 0.850. The molecule has 0 rings (SSSR count). The molecule has 0 fully saturated rings. The van der Waals surface area contributed by atoms with E-state index < -0.39 is 5.97 Å². The molecule has 0 heterocycles. The Balaban J connectivity index is 3.20. The number of aliphatic hydroxyl groups excluding tert-OH is 1. The van der Waals surface area contributed by atoms with E-state index in [1.54, 1.807) is 0 Å². The Morgan fingerprint density at radius 3 is 2.09 bits per heavy atom. The van der Waals surface area contributed by atoms with Crippen LogP contribution in [0.15, 0.2) is 12.2 Å². The number of carboxylic acid groups (broad SMARTS) is 1. The molecule has 0 aliphatic carbocycles. The second-order valence-electron chi connectivity index (χ2n) is 6.62. The molecular formula is C20H38O3. The summed E-state index contributed by atoms with van der Waals surface area (Å²) in [4.78, 5) is 10.4. The van der Waals surface area contributed by atoms with E-state index in [1.807, 2.05) is 0 Å². The Morgan fingerprint density at radius 1 is 0.870 bits per heavy atom. The van der Waals surface area contributed by atoms with Crippen LogP contribution in [0.25, 0.3) is 0 Å². The summed E-state index contributed by atoms with van der Waals surface area (Å²) < 4.78 is 0. The zero-order chi connectivity index (χ0) is 17.2. The van der Waals surface area contributed by atoms with Gasteiger partial charge in [0.25, 0.3) is 0 Å². The van der Waals surface area contributed by atoms with Gasteiger partial charge in [0.2, 0.25) is 0 Å². The first-order valence-electron chi connectivity index (χ1n) is 9.71. The maximum atomic E-state index is 10.4. The van der Waals surface area contributed by atoms with Gasteiger partial charge in [-0.1, -0.05) is 76.9 Å². The Hall–Kier alpha value is -0.830. The van der Waals surface area contributed by atoms with E-state index in [0.717, 1.165) is 38.5 Å². The molecule has 0 bridgehead atoms. The van der Waals surface area contributed by atoms with Gasteiger partial charge in [-0.15, -0.1) is 0 Å². The Bertz CT molecular complexity index is 287. The molecule has 0 aromatic heterocycles. The van der Waals surface area contributed by atoms with Gasteiger partial charge < -0.3 is 10.2 Å². The minimum atomic E-state index is -0.675. The van der Waals surface area contributed by atoms with Crippen molar-refractivity contribution in [3.05, 3.63) is 12.2 Å². The van der Waals surface area contributed by atoms with Gasteiger partial charge in [0, 0.05) is 6.42 Å². The van der Waals surface area contributed by atoms with Gasteiger partial charge in [0.05, 0.1) is 6.10 Å². The van der Waals surface area contributed by atoms with Crippen LogP contribution in [0.3, 0.4) is 0 Å². The maximum Gasteiger partial charge on any atom is 0.303 e. The van der Waals surface area contributed by atoms with Crippen molar-refractivity contribution in [3.63, 3.8) is 0 Å². The minimum Gasteiger partial charge on any atom is -0.481 e. The SMILES string of the molecule is CCCCCC(O)C/C=C/CCCCCCCCCCC(=O)O. The van der Waals surface area contributed by atoms with Crippen molar-refractivity contribution < 1.29 is 15.0 Å². The predicted molar refractivity (Wildman–Crippen MR) is 97.7 cm³/mol. The predicted octanol–water partition coefficient (Wildman–Crippen LogP) is 5.86. The van der Waals surface area contributed by atoms with E-state index in [9.17, 15) is 9.90 Å². The number of allylic oxidation sites excluding steroid dienone is 1. The van der Waals surface area contributed by atoms with Crippen molar-refractivity contribution in [3.8, 4) is 0 Å². The first kappa shape index (κ1) is 22.2. The van der Waals surface area contributed by atoms with E-state index in [-0.39, 0.29) is 6.10 Å². The van der Waals surface area contributed by atoms with E-state index in [4.69, 9.17) is 5.11 Å². The molecule has 0 aromatic carbocycles. The quantitative estimate of drug-likeness (QED) is 0.260. The van der Waals surface area contributed by atoms with Gasteiger partial charge in [-0.05, 0) is 32.1 Å². The van der Waals surface area contributed by atoms with Crippen LogP contribution in [-0.4, -0.2) is 22.3 Å². The summed E-state index contributed by atoms with van der Waals surface area (Å²) in [6.45, 7) is 2.19. The monoisotopic (exact) mass is 326 g/mol. The van der Waals surface area contributed by atoms with Gasteiger partial charge in [0.1, 0.15) is 0 Å². The summed E-state index contributed by atoms with van der Waals surface area (Å²) in [5.41, 5.74) is 0. The van der Waals surface area contributed by atoms with Crippen molar-refractivity contribution >= 4 is 5.97 Å². The molecular weight excluding hydrogens is 288 g/mol. The average molecular weight is 327 g/mol. The molecule has 0 saturated heterocycles. The fourth-order valence-electron chi connectivity index (χ4n) is 2.72. The van der Waals surface area contributed by atoms with Crippen molar-refractivity contribution in [2.24, 2.45) is 0 Å². The number of hydrogen-bond donors (Lipinski definition) is 2. The third kappa shape index (κ3) is 19.1. The smallest absolute Gasteiger partial charge is 0.303 e. The lowest BCUT2D eigenvalue weighted by atomic mass is 10.1. The van der Waals surface area contributed by atoms with E-state index in [2.05, 4.69) is 19.1 Å². The van der Waals surface area contributed by atoms with Crippen LogP contribution in [0.1, 0.15) is 103 Å². The van der Waals surface area contributed by atoms with E-state index in [0.29, 0.717) is 6.42 Å². The second kappa shape index (κ2) is 17.5. The van der Waals surface area contributed by atoms with Gasteiger partial charge in [-0.3, -0.25) is 4.79 Å². The van der Waals surface area contributed by atoms with Crippen molar-refractivity contribution in [2.45, 2.75) is 109 Å². The second-order valence-corrected chi connectivity index (χ2v) is 6.62. The summed E-state index contributed by atoms with van der Waals surface area (Å²) in [7, 11) is 0. The van der Waals surface area contributed by atoms with Gasteiger partial charge in [-0.2, -0.15) is 0 Å². The molecule has 2 N–H and O–H groups in total. The molecule has 0 aliphatic rings. The molecule has 3 nitrogen and oxygen atoms in total. The third-order valence-corrected chi connectivity index (χ3v) is 4.23. The van der Waals surface area contributed by atoms with Crippen molar-refractivity contribution in [1.82, 2.24) is 0 Å². The zero-order valence-corrected chi connectivity index (χ0v) is 15.1. The molecule has 0 aliphatic heterocycles. The van der Waals surface area contributed by atoms with Crippen LogP contribution >= 0.6 is 0 Å². The van der Waals surface area contributed by atoms with E-state index in [1.165, 1.54) is 51.4 Å². The molecule has 1 unspecified atom stereocenters. The fourth-order valence-corrected chi connectivity index (χ4v) is 2.72. The topological polar surface area (TPSA) is 57.5 Å². The molecule has 0 saturated carbocycles. The van der Waals surface area contributed by atoms with E-state index >= 15 is 0 Å². The maximum absolute atomic E-state index is 10.4. The normalized spacial score (nSPS) is 12.8. The highest BCUT2D eigenvalue weighted by Gasteiger charge is 2.00. The number of rotatable bonds is 17. The number of unbranched alkanes of at least 4 members (excludes halogenated alkanes) is 10. The number of carboxylic acids is 1. The molecule has 23 heavy (non-hydrogen) atoms. The highest BCUT2D eigenvalue weighted by molar-refractivity contribution is 5.66. The summed E-state index contributed by atoms with van der Waals surface area (Å²) in [6.07, 6.45) is 20.3. The van der Waals surface area contributed by atoms with Crippen LogP contribution in [0.5, 0.6) is 0 Å². The van der Waals surface area contributed by atoms with Crippen LogP contribution in [0.4, 0.5) is 0 Å². The summed E-state index contributed by atoms with van der Waals surface area (Å²) in [5.74, 6) is -0.675. The number of hydrogen-bond acceptors (Lipinski definition) is 2. The van der Waals surface area contributed by atoms with Crippen LogP contribution in [0, 0.1) is 0 Å². The number of aliphatic hydroxyl groups is 1. The summed E-state index contributed by atoms with van der Waals surface area (Å²) >= 11 is 0. The molecule has 0 aromatic rings. The summed E-state index contributed by atoms with van der Waals surface area (Å²) in [6, 6.07) is 0. The molecule has 3 heteroatoms. The average Bonchev–Trinajstić information content (AvgIpc) is 2.51. The third-order valence-electron chi connectivity index (χ3n) is 4.23. The van der Waals surface area contributed by atoms with Crippen LogP contribution < -0.4 is 0 Å². The lowest BCUT2D eigenvalue weighted by Crippen LogP contribution is -2.04. The molecule has 0 amide bonds. The van der Waals surface area contributed by atoms with Crippen LogP contribution in [-0.2, 0) is 4.79 Å². The van der Waals surface area contributed by atoms with Crippen molar-refractivity contribution in [1.29, 1.82) is 0 Å². The minimum absolute atomic E-state index is 0.154. The van der Waals surface area contributed by atoms with Gasteiger partial charge in [-0.25, -0.2) is 0 Å². The number of aliphatic carboxylic acids is 1. The van der Waals surface area contributed by atoms with Crippen molar-refractivity contribution in [2.75, 3.05) is 0 Å². The first-order chi connectivity index (χ1) is 11.2. The van der Waals surface area contributed by atoms with Crippen LogP contribution in [0.2, 0.25) is 0 Å². The lowest BCUT2D eigenvalue weighted by molar-refractivity contribution is -0.137. The van der Waals surface area contributed by atoms with Gasteiger partial charge >= 0.3 is 5.97 Å². The number of carbonyl (C=O) groups is 1. The largest absolute Gasteiger partial charge is 0.481 e. The Morgan fingerprint density at radius 2 is 1.48 bits per heavy atom. The molecule has 136 valence electrons. The first-order valence-corrected chi connectivity index (χ1v) is 9.71. The van der Waals surface area contributed by atoms with Gasteiger partial charge in [0.15, 0.2) is 0 Å². The molecule has 0 radical (unpaired) electrons. The lowest BCUT2D eigenvalue weighted by Gasteiger charge is -2.06. The Kier molecular flexibility index (Phi) is 16.9. The highest BCUT2D eigenvalue weighted by atomic mass is 16.4. The standard InChI is InChI=1S/C20H38O3/c1-2-3-13-16-19(21)17-14-11-9-7-5-4-6-8-10-12-15-18-20(22)23/h11,14,19,21H,2-10,12-13,15-18H2,1H3,(H,22,23)/b14-11+. The molecule has 1 atom stereocenters. The highest BCUT2D eigenvalue weighted by Crippen LogP contribution is 2.11.